The number of furan rings is 1. The Morgan fingerprint density at radius 3 is 2.89 bits per heavy atom. The maximum absolute atomic E-state index is 6.17. The van der Waals surface area contributed by atoms with E-state index in [4.69, 9.17) is 16.0 Å². The summed E-state index contributed by atoms with van der Waals surface area (Å²) in [4.78, 5) is 0. The van der Waals surface area contributed by atoms with Gasteiger partial charge in [0.25, 0.3) is 0 Å². The van der Waals surface area contributed by atoms with Crippen molar-refractivity contribution in [3.63, 3.8) is 0 Å². The van der Waals surface area contributed by atoms with Crippen LogP contribution < -0.4 is 5.32 Å². The van der Waals surface area contributed by atoms with Gasteiger partial charge in [-0.25, -0.2) is 0 Å². The van der Waals surface area contributed by atoms with E-state index in [0.717, 1.165) is 40.3 Å². The fraction of sp³-hybridized carbons (Fsp3) is 0.467. The van der Waals surface area contributed by atoms with E-state index < -0.39 is 0 Å². The summed E-state index contributed by atoms with van der Waals surface area (Å²) in [6, 6.07) is 3.93. The summed E-state index contributed by atoms with van der Waals surface area (Å²) in [6.07, 6.45) is 3.66. The van der Waals surface area contributed by atoms with E-state index in [9.17, 15) is 0 Å². The number of rotatable bonds is 5. The van der Waals surface area contributed by atoms with E-state index >= 15 is 0 Å². The molecule has 1 aromatic carbocycles. The Kier molecular flexibility index (Phi) is 3.88. The van der Waals surface area contributed by atoms with E-state index in [1.807, 2.05) is 12.1 Å². The van der Waals surface area contributed by atoms with E-state index in [1.54, 1.807) is 0 Å². The Balaban J connectivity index is 2.05. The molecule has 0 saturated heterocycles. The molecular weight excluding hydrogens is 326 g/mol. The second-order valence-corrected chi connectivity index (χ2v) is 6.45. The van der Waals surface area contributed by atoms with Crippen LogP contribution in [0.25, 0.3) is 11.0 Å². The highest BCUT2D eigenvalue weighted by Gasteiger charge is 2.31. The Labute approximate surface area is 126 Å². The van der Waals surface area contributed by atoms with E-state index in [0.29, 0.717) is 5.92 Å². The molecule has 0 spiro atoms. The molecule has 1 N–H and O–H groups in total. The minimum atomic E-state index is 0.657. The van der Waals surface area contributed by atoms with Crippen LogP contribution in [0.5, 0.6) is 0 Å². The summed E-state index contributed by atoms with van der Waals surface area (Å²) < 4.78 is 7.01. The molecule has 0 amide bonds. The van der Waals surface area contributed by atoms with Crippen molar-refractivity contribution >= 4 is 38.5 Å². The molecule has 1 aliphatic carbocycles. The maximum Gasteiger partial charge on any atom is 0.148 e. The zero-order chi connectivity index (χ0) is 13.4. The van der Waals surface area contributed by atoms with Crippen molar-refractivity contribution in [1.29, 1.82) is 0 Å². The van der Waals surface area contributed by atoms with Crippen LogP contribution in [0.1, 0.15) is 43.4 Å². The summed E-state index contributed by atoms with van der Waals surface area (Å²) >= 11 is 9.72. The SMILES string of the molecule is CCCNCc1oc2c(Br)cc(Cl)cc2c1C1CC1. The van der Waals surface area contributed by atoms with Gasteiger partial charge in [-0.3, -0.25) is 0 Å². The Morgan fingerprint density at radius 1 is 1.42 bits per heavy atom. The number of fused-ring (bicyclic) bond motifs is 1. The molecule has 1 aromatic heterocycles. The third-order valence-corrected chi connectivity index (χ3v) is 4.33. The lowest BCUT2D eigenvalue weighted by molar-refractivity contribution is 0.506. The molecule has 0 aliphatic heterocycles. The third kappa shape index (κ3) is 2.69. The number of nitrogens with one attached hydrogen (secondary N) is 1. The second kappa shape index (κ2) is 5.47. The van der Waals surface area contributed by atoms with Crippen molar-refractivity contribution in [3.8, 4) is 0 Å². The minimum Gasteiger partial charge on any atom is -0.458 e. The highest BCUT2D eigenvalue weighted by molar-refractivity contribution is 9.10. The molecule has 0 atom stereocenters. The summed E-state index contributed by atoms with van der Waals surface area (Å²) in [5, 5.41) is 5.36. The quantitative estimate of drug-likeness (QED) is 0.753. The predicted octanol–water partition coefficient (Wildman–Crippen LogP) is 5.23. The van der Waals surface area contributed by atoms with E-state index in [-0.39, 0.29) is 0 Å². The molecule has 1 fully saturated rings. The molecule has 1 heterocycles. The van der Waals surface area contributed by atoms with Gasteiger partial charge in [-0.2, -0.15) is 0 Å². The smallest absolute Gasteiger partial charge is 0.148 e. The number of halogens is 2. The van der Waals surface area contributed by atoms with Crippen LogP contribution in [-0.4, -0.2) is 6.54 Å². The van der Waals surface area contributed by atoms with Gasteiger partial charge in [-0.1, -0.05) is 18.5 Å². The van der Waals surface area contributed by atoms with Crippen LogP contribution in [0.4, 0.5) is 0 Å². The van der Waals surface area contributed by atoms with E-state index in [1.165, 1.54) is 23.8 Å². The van der Waals surface area contributed by atoms with Crippen molar-refractivity contribution in [3.05, 3.63) is 33.0 Å². The van der Waals surface area contributed by atoms with Crippen molar-refractivity contribution in [2.24, 2.45) is 0 Å². The fourth-order valence-electron chi connectivity index (χ4n) is 2.52. The molecule has 102 valence electrons. The van der Waals surface area contributed by atoms with Crippen molar-refractivity contribution in [2.45, 2.75) is 38.6 Å². The lowest BCUT2D eigenvalue weighted by atomic mass is 10.1. The van der Waals surface area contributed by atoms with Crippen LogP contribution >= 0.6 is 27.5 Å². The number of hydrogen-bond donors (Lipinski definition) is 1. The maximum atomic E-state index is 6.17. The van der Waals surface area contributed by atoms with Gasteiger partial charge in [0, 0.05) is 16.0 Å². The van der Waals surface area contributed by atoms with Crippen molar-refractivity contribution < 1.29 is 4.42 Å². The van der Waals surface area contributed by atoms with Gasteiger partial charge in [0.05, 0.1) is 11.0 Å². The van der Waals surface area contributed by atoms with Crippen LogP contribution in [0.3, 0.4) is 0 Å². The molecule has 0 radical (unpaired) electrons. The first-order valence-corrected chi connectivity index (χ1v) is 7.98. The summed E-state index contributed by atoms with van der Waals surface area (Å²) in [5.74, 6) is 1.74. The van der Waals surface area contributed by atoms with Crippen LogP contribution in [0.2, 0.25) is 5.02 Å². The molecule has 1 aliphatic rings. The highest BCUT2D eigenvalue weighted by atomic mass is 79.9. The van der Waals surface area contributed by atoms with E-state index in [2.05, 4.69) is 28.2 Å². The largest absolute Gasteiger partial charge is 0.458 e. The van der Waals surface area contributed by atoms with Gasteiger partial charge in [0.15, 0.2) is 0 Å². The minimum absolute atomic E-state index is 0.657. The average molecular weight is 343 g/mol. The second-order valence-electron chi connectivity index (χ2n) is 5.15. The monoisotopic (exact) mass is 341 g/mol. The Bertz CT molecular complexity index is 604. The zero-order valence-electron chi connectivity index (χ0n) is 10.9. The predicted molar refractivity (Wildman–Crippen MR) is 82.9 cm³/mol. The van der Waals surface area contributed by atoms with Gasteiger partial charge in [0.1, 0.15) is 11.3 Å². The Morgan fingerprint density at radius 2 is 2.21 bits per heavy atom. The molecule has 2 aromatic rings. The number of benzene rings is 1. The van der Waals surface area contributed by atoms with Gasteiger partial charge >= 0.3 is 0 Å². The normalized spacial score (nSPS) is 15.3. The average Bonchev–Trinajstić information content (AvgIpc) is 3.12. The van der Waals surface area contributed by atoms with Crippen LogP contribution in [0.15, 0.2) is 21.0 Å². The van der Waals surface area contributed by atoms with Gasteiger partial charge in [-0.15, -0.1) is 0 Å². The first-order chi connectivity index (χ1) is 9.20. The lowest BCUT2D eigenvalue weighted by Crippen LogP contribution is -2.14. The standard InChI is InChI=1S/C15H17BrClNO/c1-2-5-18-8-13-14(9-3-4-9)11-6-10(17)7-12(16)15(11)19-13/h6-7,9,18H,2-5,8H2,1H3. The molecule has 0 unspecified atom stereocenters. The first kappa shape index (κ1) is 13.5. The molecule has 3 rings (SSSR count). The number of hydrogen-bond acceptors (Lipinski definition) is 2. The van der Waals surface area contributed by atoms with Gasteiger partial charge in [0.2, 0.25) is 0 Å². The van der Waals surface area contributed by atoms with Crippen LogP contribution in [-0.2, 0) is 6.54 Å². The zero-order valence-corrected chi connectivity index (χ0v) is 13.3. The van der Waals surface area contributed by atoms with Gasteiger partial charge in [-0.05, 0) is 59.8 Å². The summed E-state index contributed by atoms with van der Waals surface area (Å²) in [5.41, 5.74) is 2.29. The highest BCUT2D eigenvalue weighted by Crippen LogP contribution is 2.47. The fourth-order valence-corrected chi connectivity index (χ4v) is 3.41. The van der Waals surface area contributed by atoms with Crippen molar-refractivity contribution in [2.75, 3.05) is 6.54 Å². The summed E-state index contributed by atoms with van der Waals surface area (Å²) in [7, 11) is 0. The topological polar surface area (TPSA) is 25.2 Å². The molecule has 19 heavy (non-hydrogen) atoms. The molecule has 0 bridgehead atoms. The molecule has 4 heteroatoms. The van der Waals surface area contributed by atoms with Crippen LogP contribution in [0, 0.1) is 0 Å². The Hall–Kier alpha value is -0.510. The summed E-state index contributed by atoms with van der Waals surface area (Å²) in [6.45, 7) is 3.99. The van der Waals surface area contributed by atoms with Gasteiger partial charge < -0.3 is 9.73 Å². The van der Waals surface area contributed by atoms with Crippen molar-refractivity contribution in [1.82, 2.24) is 5.32 Å². The molecule has 1 saturated carbocycles. The first-order valence-electron chi connectivity index (χ1n) is 6.81. The third-order valence-electron chi connectivity index (χ3n) is 3.52. The molecule has 2 nitrogen and oxygen atoms in total. The molecular formula is C15H17BrClNO. The lowest BCUT2D eigenvalue weighted by Gasteiger charge is -2.02.